The summed E-state index contributed by atoms with van der Waals surface area (Å²) in [5, 5.41) is 14.0. The first-order valence-corrected chi connectivity index (χ1v) is 12.0. The van der Waals surface area contributed by atoms with Crippen molar-refractivity contribution in [1.82, 2.24) is 10.2 Å². The molecule has 1 heterocycles. The molecule has 1 unspecified atom stereocenters. The number of ketones is 1. The van der Waals surface area contributed by atoms with Crippen molar-refractivity contribution < 1.29 is 24.2 Å². The minimum absolute atomic E-state index is 0.0340. The van der Waals surface area contributed by atoms with Crippen molar-refractivity contribution >= 4 is 23.4 Å². The van der Waals surface area contributed by atoms with Crippen LogP contribution in [0.3, 0.4) is 0 Å². The van der Waals surface area contributed by atoms with E-state index in [1.807, 2.05) is 38.1 Å². The van der Waals surface area contributed by atoms with Gasteiger partial charge in [-0.3, -0.25) is 14.4 Å². The molecule has 1 aliphatic rings. The number of benzene rings is 2. The topological polar surface area (TPSA) is 95.9 Å². The average Bonchev–Trinajstić information content (AvgIpc) is 3.10. The summed E-state index contributed by atoms with van der Waals surface area (Å²) in [6.45, 7) is 6.68. The van der Waals surface area contributed by atoms with E-state index in [2.05, 4.69) is 12.2 Å². The Kier molecular flexibility index (Phi) is 8.68. The van der Waals surface area contributed by atoms with Gasteiger partial charge in [-0.2, -0.15) is 0 Å². The predicted octanol–water partition coefficient (Wildman–Crippen LogP) is 4.23. The number of aliphatic hydroxyl groups is 1. The van der Waals surface area contributed by atoms with E-state index in [0.717, 1.165) is 17.5 Å². The second-order valence-corrected chi connectivity index (χ2v) is 9.12. The minimum Gasteiger partial charge on any atom is -0.507 e. The lowest BCUT2D eigenvalue weighted by Crippen LogP contribution is -2.33. The highest BCUT2D eigenvalue weighted by Crippen LogP contribution is 2.39. The Labute approximate surface area is 206 Å². The van der Waals surface area contributed by atoms with Gasteiger partial charge in [0.1, 0.15) is 11.5 Å². The van der Waals surface area contributed by atoms with Gasteiger partial charge < -0.3 is 20.1 Å². The fourth-order valence-corrected chi connectivity index (χ4v) is 4.22. The molecule has 2 aromatic rings. The molecule has 3 rings (SSSR count). The molecule has 2 amide bonds. The molecule has 1 fully saturated rings. The second kappa shape index (κ2) is 11.7. The number of hydrogen-bond acceptors (Lipinski definition) is 5. The molecule has 7 nitrogen and oxygen atoms in total. The second-order valence-electron chi connectivity index (χ2n) is 9.12. The summed E-state index contributed by atoms with van der Waals surface area (Å²) < 4.78 is 5.18. The number of methoxy groups -OCH3 is 1. The number of hydrogen-bond donors (Lipinski definition) is 2. The zero-order chi connectivity index (χ0) is 25.5. The number of nitrogens with zero attached hydrogens (tertiary/aromatic N) is 1. The Bertz CT molecular complexity index is 1090. The van der Waals surface area contributed by atoms with Crippen LogP contribution in [0.1, 0.15) is 56.3 Å². The Morgan fingerprint density at radius 1 is 1.09 bits per heavy atom. The van der Waals surface area contributed by atoms with E-state index in [1.165, 1.54) is 4.90 Å². The van der Waals surface area contributed by atoms with Gasteiger partial charge in [0.25, 0.3) is 11.7 Å². The molecular weight excluding hydrogens is 444 g/mol. The first-order valence-electron chi connectivity index (χ1n) is 12.0. The highest BCUT2D eigenvalue weighted by atomic mass is 16.5. The number of aryl methyl sites for hydroxylation is 1. The van der Waals surface area contributed by atoms with Crippen molar-refractivity contribution in [2.45, 2.75) is 46.1 Å². The van der Waals surface area contributed by atoms with Gasteiger partial charge in [0.2, 0.25) is 5.91 Å². The van der Waals surface area contributed by atoms with Gasteiger partial charge in [-0.05, 0) is 54.2 Å². The molecule has 0 spiro atoms. The Balaban J connectivity index is 1.92. The van der Waals surface area contributed by atoms with Crippen molar-refractivity contribution in [3.63, 3.8) is 0 Å². The quantitative estimate of drug-likeness (QED) is 0.231. The number of rotatable bonds is 10. The van der Waals surface area contributed by atoms with Crippen molar-refractivity contribution in [1.29, 1.82) is 0 Å². The van der Waals surface area contributed by atoms with Crippen molar-refractivity contribution in [2.75, 3.05) is 20.2 Å². The highest BCUT2D eigenvalue weighted by molar-refractivity contribution is 6.46. The number of amides is 2. The molecular formula is C28H34N2O5. The zero-order valence-electron chi connectivity index (χ0n) is 20.8. The molecule has 1 atom stereocenters. The van der Waals surface area contributed by atoms with Crippen LogP contribution in [0.5, 0.6) is 5.75 Å². The van der Waals surface area contributed by atoms with E-state index in [9.17, 15) is 19.5 Å². The fraction of sp³-hybridized carbons (Fsp3) is 0.393. The Morgan fingerprint density at radius 3 is 2.31 bits per heavy atom. The number of ether oxygens (including phenoxy) is 1. The smallest absolute Gasteiger partial charge is 0.295 e. The maximum Gasteiger partial charge on any atom is 0.295 e. The summed E-state index contributed by atoms with van der Waals surface area (Å²) in [6.07, 6.45) is 1.79. The summed E-state index contributed by atoms with van der Waals surface area (Å²) in [5.74, 6) is -0.744. The van der Waals surface area contributed by atoms with Crippen LogP contribution in [-0.4, -0.2) is 47.8 Å². The number of carbonyl (C=O) groups excluding carboxylic acids is 3. The third-order valence-electron chi connectivity index (χ3n) is 6.10. The normalized spacial score (nSPS) is 17.2. The molecule has 0 aliphatic carbocycles. The highest BCUT2D eigenvalue weighted by Gasteiger charge is 2.45. The van der Waals surface area contributed by atoms with Gasteiger partial charge in [0.15, 0.2) is 0 Å². The van der Waals surface area contributed by atoms with E-state index in [4.69, 9.17) is 4.74 Å². The Hall–Kier alpha value is -3.61. The van der Waals surface area contributed by atoms with Gasteiger partial charge in [-0.25, -0.2) is 0 Å². The molecule has 0 saturated carbocycles. The van der Waals surface area contributed by atoms with Gasteiger partial charge in [-0.15, -0.1) is 0 Å². The van der Waals surface area contributed by atoms with Crippen molar-refractivity contribution in [2.24, 2.45) is 5.92 Å². The maximum absolute atomic E-state index is 13.1. The number of aliphatic hydroxyl groups excluding tert-OH is 1. The molecule has 0 bridgehead atoms. The molecule has 7 heteroatoms. The molecule has 1 aliphatic heterocycles. The molecule has 35 heavy (non-hydrogen) atoms. The monoisotopic (exact) mass is 478 g/mol. The molecule has 1 saturated heterocycles. The van der Waals surface area contributed by atoms with Crippen LogP contribution in [0.2, 0.25) is 0 Å². The summed E-state index contributed by atoms with van der Waals surface area (Å²) in [4.78, 5) is 39.6. The van der Waals surface area contributed by atoms with Gasteiger partial charge in [0.05, 0.1) is 18.7 Å². The van der Waals surface area contributed by atoms with Crippen LogP contribution < -0.4 is 10.1 Å². The van der Waals surface area contributed by atoms with Gasteiger partial charge in [-0.1, -0.05) is 45.0 Å². The number of carbonyl (C=O) groups is 3. The predicted molar refractivity (Wildman–Crippen MR) is 135 cm³/mol. The van der Waals surface area contributed by atoms with Crippen LogP contribution in [0.15, 0.2) is 54.1 Å². The van der Waals surface area contributed by atoms with Gasteiger partial charge in [0, 0.05) is 25.1 Å². The van der Waals surface area contributed by atoms with Crippen LogP contribution in [-0.2, 0) is 20.8 Å². The van der Waals surface area contributed by atoms with E-state index < -0.39 is 17.7 Å². The summed E-state index contributed by atoms with van der Waals surface area (Å²) in [7, 11) is 1.55. The number of nitrogens with one attached hydrogen (secondary N) is 1. The third kappa shape index (κ3) is 6.10. The number of likely N-dealkylation sites (tertiary alicyclic amines) is 1. The van der Waals surface area contributed by atoms with Crippen molar-refractivity contribution in [3.05, 3.63) is 70.8 Å². The van der Waals surface area contributed by atoms with E-state index in [0.29, 0.717) is 30.7 Å². The number of Topliss-reactive ketones (excluding diaryl/α,β-unsaturated/α-hetero) is 1. The summed E-state index contributed by atoms with van der Waals surface area (Å²) in [6, 6.07) is 13.7. The standard InChI is InChI=1S/C28H34N2O5/c1-5-19-7-9-20(10-8-19)25-24(26(32)21-11-13-22(35-4)14-12-21)27(33)28(34)30(25)16-6-15-29-23(31)17-18(2)3/h7-14,18,25,32H,5-6,15-17H2,1-4H3,(H,29,31). The molecule has 0 aromatic heterocycles. The fourth-order valence-electron chi connectivity index (χ4n) is 4.22. The SMILES string of the molecule is CCc1ccc(C2C(=C(O)c3ccc(OC)cc3)C(=O)C(=O)N2CCCNC(=O)CC(C)C)cc1. The van der Waals surface area contributed by atoms with Crippen LogP contribution in [0, 0.1) is 5.92 Å². The van der Waals surface area contributed by atoms with Crippen molar-refractivity contribution in [3.8, 4) is 5.75 Å². The van der Waals surface area contributed by atoms with Gasteiger partial charge >= 0.3 is 0 Å². The summed E-state index contributed by atoms with van der Waals surface area (Å²) in [5.41, 5.74) is 2.38. The first kappa shape index (κ1) is 26.0. The molecule has 2 aromatic carbocycles. The van der Waals surface area contributed by atoms with Crippen LogP contribution >= 0.6 is 0 Å². The lowest BCUT2D eigenvalue weighted by Gasteiger charge is -2.25. The lowest BCUT2D eigenvalue weighted by molar-refractivity contribution is -0.139. The third-order valence-corrected chi connectivity index (χ3v) is 6.10. The van der Waals surface area contributed by atoms with E-state index in [1.54, 1.807) is 31.4 Å². The van der Waals surface area contributed by atoms with Crippen LogP contribution in [0.25, 0.3) is 5.76 Å². The zero-order valence-corrected chi connectivity index (χ0v) is 20.8. The maximum atomic E-state index is 13.1. The first-order chi connectivity index (χ1) is 16.8. The average molecular weight is 479 g/mol. The Morgan fingerprint density at radius 2 is 1.74 bits per heavy atom. The molecule has 186 valence electrons. The summed E-state index contributed by atoms with van der Waals surface area (Å²) >= 11 is 0. The molecule has 2 N–H and O–H groups in total. The van der Waals surface area contributed by atoms with E-state index in [-0.39, 0.29) is 29.7 Å². The minimum atomic E-state index is -0.716. The van der Waals surface area contributed by atoms with Crippen LogP contribution in [0.4, 0.5) is 0 Å². The molecule has 0 radical (unpaired) electrons. The van der Waals surface area contributed by atoms with E-state index >= 15 is 0 Å². The largest absolute Gasteiger partial charge is 0.507 e. The lowest BCUT2D eigenvalue weighted by atomic mass is 9.94.